The van der Waals surface area contributed by atoms with Crippen molar-refractivity contribution in [1.82, 2.24) is 0 Å². The van der Waals surface area contributed by atoms with E-state index in [0.717, 1.165) is 24.1 Å². The summed E-state index contributed by atoms with van der Waals surface area (Å²) < 4.78 is 0. The van der Waals surface area contributed by atoms with Crippen LogP contribution in [-0.4, -0.2) is 0 Å². The Bertz CT molecular complexity index is 998. The Morgan fingerprint density at radius 1 is 0.600 bits per heavy atom. The van der Waals surface area contributed by atoms with Crippen LogP contribution in [0.3, 0.4) is 0 Å². The van der Waals surface area contributed by atoms with Gasteiger partial charge in [0.05, 0.1) is 0 Å². The molecule has 0 aliphatic heterocycles. The number of benzene rings is 3. The standard InChI is InChI=1S/C34H45N/c1-8-25-33(6,11-4)28-15-21-31(22-16-28)35(30-19-13-27(10-3)14-20-30)32-23-17-29(18-24-32)34(7,12-5)26-9-2/h10,13-24H,3,8-9,11-12,25-26H2,1-2,4-7H3. The third kappa shape index (κ3) is 5.89. The molecule has 3 aromatic carbocycles. The molecule has 1 heteroatoms. The van der Waals surface area contributed by atoms with E-state index in [0.29, 0.717) is 0 Å². The molecule has 2 atom stereocenters. The Labute approximate surface area is 214 Å². The van der Waals surface area contributed by atoms with Gasteiger partial charge in [0.15, 0.2) is 0 Å². The van der Waals surface area contributed by atoms with E-state index in [4.69, 9.17) is 0 Å². The van der Waals surface area contributed by atoms with Crippen molar-refractivity contribution in [1.29, 1.82) is 0 Å². The van der Waals surface area contributed by atoms with Crippen molar-refractivity contribution in [2.24, 2.45) is 0 Å². The summed E-state index contributed by atoms with van der Waals surface area (Å²) in [7, 11) is 0. The van der Waals surface area contributed by atoms with Crippen molar-refractivity contribution in [2.45, 2.75) is 90.9 Å². The minimum Gasteiger partial charge on any atom is -0.311 e. The molecule has 2 unspecified atom stereocenters. The van der Waals surface area contributed by atoms with E-state index < -0.39 is 0 Å². The molecule has 0 N–H and O–H groups in total. The second-order valence-electron chi connectivity index (χ2n) is 10.6. The largest absolute Gasteiger partial charge is 0.311 e. The van der Waals surface area contributed by atoms with Crippen molar-refractivity contribution in [2.75, 3.05) is 4.90 Å². The summed E-state index contributed by atoms with van der Waals surface area (Å²) in [6.45, 7) is 17.9. The number of rotatable bonds is 12. The summed E-state index contributed by atoms with van der Waals surface area (Å²) in [4.78, 5) is 2.37. The first-order valence-corrected chi connectivity index (χ1v) is 13.6. The summed E-state index contributed by atoms with van der Waals surface area (Å²) in [6.07, 6.45) is 9.04. The summed E-state index contributed by atoms with van der Waals surface area (Å²) in [5.74, 6) is 0. The lowest BCUT2D eigenvalue weighted by molar-refractivity contribution is 0.414. The third-order valence-corrected chi connectivity index (χ3v) is 8.20. The highest BCUT2D eigenvalue weighted by Gasteiger charge is 2.25. The van der Waals surface area contributed by atoms with Crippen LogP contribution in [0.15, 0.2) is 79.4 Å². The molecule has 0 spiro atoms. The Balaban J connectivity index is 2.05. The average Bonchev–Trinajstić information content (AvgIpc) is 2.90. The highest BCUT2D eigenvalue weighted by molar-refractivity contribution is 5.77. The van der Waals surface area contributed by atoms with Gasteiger partial charge in [-0.25, -0.2) is 0 Å². The molecule has 0 radical (unpaired) electrons. The molecule has 0 fully saturated rings. The molecule has 0 amide bonds. The number of anilines is 3. The maximum Gasteiger partial charge on any atom is 0.0462 e. The van der Waals surface area contributed by atoms with E-state index >= 15 is 0 Å². The van der Waals surface area contributed by atoms with Crippen LogP contribution in [0.25, 0.3) is 6.08 Å². The third-order valence-electron chi connectivity index (χ3n) is 8.20. The predicted octanol–water partition coefficient (Wildman–Crippen LogP) is 10.7. The molecule has 0 heterocycles. The molecule has 3 aromatic rings. The second kappa shape index (κ2) is 11.8. The maximum atomic E-state index is 3.92. The molecular formula is C34H45N. The highest BCUT2D eigenvalue weighted by atomic mass is 15.1. The Hall–Kier alpha value is -2.80. The van der Waals surface area contributed by atoms with Gasteiger partial charge in [0.2, 0.25) is 0 Å². The summed E-state index contributed by atoms with van der Waals surface area (Å²) in [6, 6.07) is 27.2. The monoisotopic (exact) mass is 467 g/mol. The first-order valence-electron chi connectivity index (χ1n) is 13.6. The molecule has 1 nitrogen and oxygen atoms in total. The summed E-state index contributed by atoms with van der Waals surface area (Å²) >= 11 is 0. The van der Waals surface area contributed by atoms with Crippen molar-refractivity contribution in [3.63, 3.8) is 0 Å². The van der Waals surface area contributed by atoms with Gasteiger partial charge in [0.1, 0.15) is 0 Å². The SMILES string of the molecule is C=Cc1ccc(N(c2ccc(C(C)(CC)CCC)cc2)c2ccc(C(C)(CC)CCC)cc2)cc1. The molecule has 0 aromatic heterocycles. The number of hydrogen-bond donors (Lipinski definition) is 0. The van der Waals surface area contributed by atoms with Gasteiger partial charge in [-0.15, -0.1) is 0 Å². The van der Waals surface area contributed by atoms with Crippen molar-refractivity contribution < 1.29 is 0 Å². The van der Waals surface area contributed by atoms with Gasteiger partial charge in [0, 0.05) is 17.1 Å². The van der Waals surface area contributed by atoms with E-state index in [1.165, 1.54) is 48.2 Å². The fraction of sp³-hybridized carbons (Fsp3) is 0.412. The van der Waals surface area contributed by atoms with Crippen LogP contribution < -0.4 is 4.90 Å². The molecular weight excluding hydrogens is 422 g/mol. The van der Waals surface area contributed by atoms with Crippen LogP contribution in [0.4, 0.5) is 17.1 Å². The molecule has 3 rings (SSSR count). The van der Waals surface area contributed by atoms with Crippen LogP contribution in [0, 0.1) is 0 Å². The highest BCUT2D eigenvalue weighted by Crippen LogP contribution is 2.39. The van der Waals surface area contributed by atoms with Gasteiger partial charge < -0.3 is 4.90 Å². The first-order chi connectivity index (χ1) is 16.8. The van der Waals surface area contributed by atoms with Gasteiger partial charge in [-0.2, -0.15) is 0 Å². The Kier molecular flexibility index (Phi) is 9.00. The van der Waals surface area contributed by atoms with Crippen LogP contribution >= 0.6 is 0 Å². The average molecular weight is 468 g/mol. The molecule has 0 aliphatic carbocycles. The molecule has 186 valence electrons. The minimum absolute atomic E-state index is 0.231. The van der Waals surface area contributed by atoms with Gasteiger partial charge in [-0.3, -0.25) is 0 Å². The summed E-state index contributed by atoms with van der Waals surface area (Å²) in [5, 5.41) is 0. The quantitative estimate of drug-likeness (QED) is 0.256. The number of hydrogen-bond acceptors (Lipinski definition) is 1. The van der Waals surface area contributed by atoms with E-state index in [2.05, 4.69) is 126 Å². The normalized spacial score (nSPS) is 14.7. The van der Waals surface area contributed by atoms with E-state index in [9.17, 15) is 0 Å². The fourth-order valence-electron chi connectivity index (χ4n) is 5.39. The molecule has 0 bridgehead atoms. The zero-order valence-electron chi connectivity index (χ0n) is 22.9. The Morgan fingerprint density at radius 3 is 1.23 bits per heavy atom. The van der Waals surface area contributed by atoms with E-state index in [1.807, 2.05) is 6.08 Å². The molecule has 0 aliphatic rings. The van der Waals surface area contributed by atoms with Crippen molar-refractivity contribution in [3.8, 4) is 0 Å². The first kappa shape index (κ1) is 26.8. The molecule has 35 heavy (non-hydrogen) atoms. The maximum absolute atomic E-state index is 3.92. The lowest BCUT2D eigenvalue weighted by Gasteiger charge is -2.31. The zero-order chi connectivity index (χ0) is 25.5. The number of nitrogens with zero attached hydrogens (tertiary/aromatic N) is 1. The van der Waals surface area contributed by atoms with Gasteiger partial charge in [0.25, 0.3) is 0 Å². The summed E-state index contributed by atoms with van der Waals surface area (Å²) in [5.41, 5.74) is 8.00. The lowest BCUT2D eigenvalue weighted by Crippen LogP contribution is -2.21. The fourth-order valence-corrected chi connectivity index (χ4v) is 5.39. The van der Waals surface area contributed by atoms with E-state index in [1.54, 1.807) is 0 Å². The molecule has 0 saturated heterocycles. The van der Waals surface area contributed by atoms with E-state index in [-0.39, 0.29) is 10.8 Å². The van der Waals surface area contributed by atoms with Crippen molar-refractivity contribution >= 4 is 23.1 Å². The van der Waals surface area contributed by atoms with Crippen LogP contribution in [0.5, 0.6) is 0 Å². The zero-order valence-corrected chi connectivity index (χ0v) is 22.9. The smallest absolute Gasteiger partial charge is 0.0462 e. The minimum atomic E-state index is 0.231. The van der Waals surface area contributed by atoms with Crippen LogP contribution in [-0.2, 0) is 10.8 Å². The van der Waals surface area contributed by atoms with Gasteiger partial charge in [-0.1, -0.05) is 103 Å². The van der Waals surface area contributed by atoms with Crippen molar-refractivity contribution in [3.05, 3.63) is 96.1 Å². The lowest BCUT2D eigenvalue weighted by atomic mass is 9.76. The molecule has 0 saturated carbocycles. The van der Waals surface area contributed by atoms with Gasteiger partial charge >= 0.3 is 0 Å². The van der Waals surface area contributed by atoms with Crippen LogP contribution in [0.1, 0.15) is 96.8 Å². The van der Waals surface area contributed by atoms with Crippen LogP contribution in [0.2, 0.25) is 0 Å². The topological polar surface area (TPSA) is 3.24 Å². The van der Waals surface area contributed by atoms with Gasteiger partial charge in [-0.05, 0) is 89.6 Å². The Morgan fingerprint density at radius 2 is 0.943 bits per heavy atom. The predicted molar refractivity (Wildman–Crippen MR) is 156 cm³/mol. The second-order valence-corrected chi connectivity index (χ2v) is 10.6.